The highest BCUT2D eigenvalue weighted by atomic mass is 32.2. The van der Waals surface area contributed by atoms with Crippen LogP contribution in [0.3, 0.4) is 0 Å². The molecule has 2 aromatic rings. The molecule has 6 heteroatoms. The van der Waals surface area contributed by atoms with Gasteiger partial charge in [-0.2, -0.15) is 0 Å². The molecule has 2 atom stereocenters. The number of hydrogen-bond donors (Lipinski definition) is 1. The predicted molar refractivity (Wildman–Crippen MR) is 94.4 cm³/mol. The van der Waals surface area contributed by atoms with Crippen LogP contribution in [0.25, 0.3) is 0 Å². The molecule has 0 fully saturated rings. The first-order valence-corrected chi connectivity index (χ1v) is 8.92. The topological polar surface area (TPSA) is 51.2 Å². The molecule has 1 heterocycles. The lowest BCUT2D eigenvalue weighted by Crippen LogP contribution is -2.34. The number of pyridine rings is 1. The third kappa shape index (κ3) is 5.11. The van der Waals surface area contributed by atoms with Crippen LogP contribution in [-0.4, -0.2) is 13.9 Å². The second-order valence-corrected chi connectivity index (χ2v) is 8.53. The molecule has 0 bridgehead atoms. The molecule has 130 valence electrons. The second-order valence-electron chi connectivity index (χ2n) is 6.53. The molecule has 4 nitrogen and oxygen atoms in total. The lowest BCUT2D eigenvalue weighted by molar-refractivity contribution is 0.288. The molecule has 1 aromatic heterocycles. The van der Waals surface area contributed by atoms with Gasteiger partial charge in [-0.15, -0.1) is 0 Å². The van der Waals surface area contributed by atoms with Crippen molar-refractivity contribution in [2.45, 2.75) is 45.1 Å². The first-order chi connectivity index (χ1) is 11.3. The van der Waals surface area contributed by atoms with Crippen molar-refractivity contribution in [3.63, 3.8) is 0 Å². The van der Waals surface area contributed by atoms with Crippen molar-refractivity contribution in [2.75, 3.05) is 0 Å². The molecule has 24 heavy (non-hydrogen) atoms. The largest absolute Gasteiger partial charge is 0.473 e. The Bertz CT molecular complexity index is 699. The maximum atomic E-state index is 13.5. The maximum absolute atomic E-state index is 13.5. The van der Waals surface area contributed by atoms with Crippen LogP contribution in [0.5, 0.6) is 5.88 Å². The van der Waals surface area contributed by atoms with E-state index in [2.05, 4.69) is 9.71 Å². The third-order valence-corrected chi connectivity index (χ3v) is 5.11. The van der Waals surface area contributed by atoms with Crippen LogP contribution in [-0.2, 0) is 17.6 Å². The van der Waals surface area contributed by atoms with Gasteiger partial charge in [-0.05, 0) is 39.3 Å². The number of ether oxygens (including phenoxy) is 1. The number of hydrogen-bond acceptors (Lipinski definition) is 3. The standard InChI is InChI=1S/C18H23FN2O2S/c1-13(21-24(22)18(2,3)4)14-9-10-17(20-11-14)23-12-15-7-5-6-8-16(15)19/h5-11,13,21H,12H2,1-4H3. The Labute approximate surface area is 145 Å². The van der Waals surface area contributed by atoms with Crippen molar-refractivity contribution >= 4 is 11.0 Å². The molecule has 0 aliphatic heterocycles. The lowest BCUT2D eigenvalue weighted by Gasteiger charge is -2.22. The van der Waals surface area contributed by atoms with Gasteiger partial charge in [-0.1, -0.05) is 24.3 Å². The SMILES string of the molecule is CC(NS(=O)C(C)(C)C)c1ccc(OCc2ccccc2F)nc1. The molecule has 1 N–H and O–H groups in total. The Morgan fingerprint density at radius 2 is 1.96 bits per heavy atom. The van der Waals surface area contributed by atoms with E-state index in [-0.39, 0.29) is 23.2 Å². The Balaban J connectivity index is 1.95. The smallest absolute Gasteiger partial charge is 0.213 e. The molecule has 2 rings (SSSR count). The fourth-order valence-electron chi connectivity index (χ4n) is 1.91. The molecular weight excluding hydrogens is 327 g/mol. The normalized spacial score (nSPS) is 14.2. The number of halogens is 1. The summed E-state index contributed by atoms with van der Waals surface area (Å²) in [6.45, 7) is 7.81. The van der Waals surface area contributed by atoms with E-state index in [9.17, 15) is 8.60 Å². The highest BCUT2D eigenvalue weighted by Crippen LogP contribution is 2.19. The van der Waals surface area contributed by atoms with Crippen molar-refractivity contribution in [3.8, 4) is 5.88 Å². The number of nitrogens with one attached hydrogen (secondary N) is 1. The third-order valence-electron chi connectivity index (χ3n) is 3.43. The second kappa shape index (κ2) is 7.85. The van der Waals surface area contributed by atoms with Crippen LogP contribution in [0, 0.1) is 5.82 Å². The molecule has 0 spiro atoms. The minimum atomic E-state index is -1.15. The minimum absolute atomic E-state index is 0.0989. The van der Waals surface area contributed by atoms with E-state index in [4.69, 9.17) is 4.74 Å². The average molecular weight is 350 g/mol. The van der Waals surface area contributed by atoms with Crippen molar-refractivity contribution in [1.29, 1.82) is 0 Å². The van der Waals surface area contributed by atoms with Gasteiger partial charge in [-0.25, -0.2) is 18.3 Å². The van der Waals surface area contributed by atoms with Gasteiger partial charge in [0, 0.05) is 23.9 Å². The van der Waals surface area contributed by atoms with Gasteiger partial charge in [0.2, 0.25) is 5.88 Å². The molecular formula is C18H23FN2O2S. The number of aromatic nitrogens is 1. The molecule has 0 aliphatic rings. The maximum Gasteiger partial charge on any atom is 0.213 e. The molecule has 0 saturated heterocycles. The van der Waals surface area contributed by atoms with E-state index in [1.807, 2.05) is 33.8 Å². The highest BCUT2D eigenvalue weighted by molar-refractivity contribution is 7.84. The van der Waals surface area contributed by atoms with E-state index in [0.29, 0.717) is 11.4 Å². The van der Waals surface area contributed by atoms with Crippen molar-refractivity contribution in [1.82, 2.24) is 9.71 Å². The van der Waals surface area contributed by atoms with Gasteiger partial charge in [0.15, 0.2) is 0 Å². The van der Waals surface area contributed by atoms with Crippen molar-refractivity contribution in [3.05, 3.63) is 59.5 Å². The molecule has 1 aromatic carbocycles. The summed E-state index contributed by atoms with van der Waals surface area (Å²) in [5.74, 6) is 0.128. The molecule has 0 saturated carbocycles. The summed E-state index contributed by atoms with van der Waals surface area (Å²) in [6.07, 6.45) is 1.67. The van der Waals surface area contributed by atoms with Crippen LogP contribution < -0.4 is 9.46 Å². The zero-order chi connectivity index (χ0) is 17.7. The van der Waals surface area contributed by atoms with Crippen LogP contribution in [0.15, 0.2) is 42.6 Å². The van der Waals surface area contributed by atoms with Gasteiger partial charge < -0.3 is 4.74 Å². The Kier molecular flexibility index (Phi) is 6.07. The zero-order valence-corrected chi connectivity index (χ0v) is 15.2. The van der Waals surface area contributed by atoms with Crippen molar-refractivity contribution < 1.29 is 13.3 Å². The number of rotatable bonds is 6. The number of benzene rings is 1. The van der Waals surface area contributed by atoms with E-state index >= 15 is 0 Å². The lowest BCUT2D eigenvalue weighted by atomic mass is 10.2. The van der Waals surface area contributed by atoms with Crippen LogP contribution in [0.2, 0.25) is 0 Å². The van der Waals surface area contributed by atoms with Gasteiger partial charge in [0.25, 0.3) is 0 Å². The van der Waals surface area contributed by atoms with Gasteiger partial charge in [0.1, 0.15) is 12.4 Å². The monoisotopic (exact) mass is 350 g/mol. The quantitative estimate of drug-likeness (QED) is 0.859. The van der Waals surface area contributed by atoms with E-state index in [1.165, 1.54) is 6.07 Å². The highest BCUT2D eigenvalue weighted by Gasteiger charge is 2.21. The van der Waals surface area contributed by atoms with E-state index in [0.717, 1.165) is 5.56 Å². The summed E-state index contributed by atoms with van der Waals surface area (Å²) in [6, 6.07) is 9.98. The van der Waals surface area contributed by atoms with Crippen molar-refractivity contribution in [2.24, 2.45) is 0 Å². The first-order valence-electron chi connectivity index (χ1n) is 7.77. The summed E-state index contributed by atoms with van der Waals surface area (Å²) < 4.78 is 33.9. The van der Waals surface area contributed by atoms with Gasteiger partial charge in [0.05, 0.1) is 15.7 Å². The zero-order valence-electron chi connectivity index (χ0n) is 14.4. The molecule has 0 radical (unpaired) electrons. The van der Waals surface area contributed by atoms with Crippen LogP contribution >= 0.6 is 0 Å². The first kappa shape index (κ1) is 18.5. The average Bonchev–Trinajstić information content (AvgIpc) is 2.53. The van der Waals surface area contributed by atoms with Crippen LogP contribution in [0.1, 0.15) is 44.9 Å². The van der Waals surface area contributed by atoms with Gasteiger partial charge in [-0.3, -0.25) is 0 Å². The molecule has 0 amide bonds. The summed E-state index contributed by atoms with van der Waals surface area (Å²) in [4.78, 5) is 4.23. The van der Waals surface area contributed by atoms with E-state index < -0.39 is 11.0 Å². The predicted octanol–water partition coefficient (Wildman–Crippen LogP) is 3.91. The molecule has 0 aliphatic carbocycles. The summed E-state index contributed by atoms with van der Waals surface area (Å²) in [5.41, 5.74) is 1.39. The van der Waals surface area contributed by atoms with Gasteiger partial charge >= 0.3 is 0 Å². The fourth-order valence-corrected chi connectivity index (χ4v) is 2.72. The van der Waals surface area contributed by atoms with E-state index in [1.54, 1.807) is 30.5 Å². The molecule has 2 unspecified atom stereocenters. The minimum Gasteiger partial charge on any atom is -0.473 e. The summed E-state index contributed by atoms with van der Waals surface area (Å²) >= 11 is 0. The Hall–Kier alpha value is -1.79. The summed E-state index contributed by atoms with van der Waals surface area (Å²) in [5, 5.41) is 0. The summed E-state index contributed by atoms with van der Waals surface area (Å²) in [7, 11) is -1.15. The van der Waals surface area contributed by atoms with Crippen LogP contribution in [0.4, 0.5) is 4.39 Å². The fraction of sp³-hybridized carbons (Fsp3) is 0.389. The Morgan fingerprint density at radius 1 is 1.25 bits per heavy atom. The number of nitrogens with zero attached hydrogens (tertiary/aromatic N) is 1. The Morgan fingerprint density at radius 3 is 2.54 bits per heavy atom.